The first kappa shape index (κ1) is 9.67. The minimum Gasteiger partial charge on any atom is -0.364 e. The molecule has 0 fully saturated rings. The van der Waals surface area contributed by atoms with Crippen LogP contribution >= 0.6 is 15.9 Å². The maximum absolute atomic E-state index is 11.0. The van der Waals surface area contributed by atoms with Crippen molar-refractivity contribution in [3.05, 3.63) is 27.7 Å². The Balaban J connectivity index is 2.68. The van der Waals surface area contributed by atoms with Gasteiger partial charge < -0.3 is 4.18 Å². The van der Waals surface area contributed by atoms with E-state index in [4.69, 9.17) is 4.18 Å². The van der Waals surface area contributed by atoms with E-state index in [2.05, 4.69) is 20.3 Å². The second-order valence-electron chi connectivity index (χ2n) is 2.91. The maximum Gasteiger partial charge on any atom is 0.428 e. The third kappa shape index (κ3) is 1.67. The van der Waals surface area contributed by atoms with Gasteiger partial charge in [0, 0.05) is 5.56 Å². The van der Waals surface area contributed by atoms with E-state index in [1.807, 2.05) is 6.92 Å². The molecule has 1 heterocycles. The van der Waals surface area contributed by atoms with E-state index in [0.29, 0.717) is 15.8 Å². The Labute approximate surface area is 90.0 Å². The summed E-state index contributed by atoms with van der Waals surface area (Å²) in [5.41, 5.74) is 1.66. The van der Waals surface area contributed by atoms with Crippen molar-refractivity contribution in [1.29, 1.82) is 0 Å². The summed E-state index contributed by atoms with van der Waals surface area (Å²) >= 11 is 3.23. The van der Waals surface area contributed by atoms with Crippen molar-refractivity contribution in [2.75, 3.05) is 0 Å². The van der Waals surface area contributed by atoms with E-state index in [-0.39, 0.29) is 0 Å². The molecular formula is C8H6BrNO3S. The molecule has 0 N–H and O–H groups in total. The molecule has 0 spiro atoms. The molecule has 1 aromatic rings. The second kappa shape index (κ2) is 3.06. The molecule has 0 radical (unpaired) electrons. The van der Waals surface area contributed by atoms with Crippen molar-refractivity contribution in [1.82, 2.24) is 0 Å². The predicted molar refractivity (Wildman–Crippen MR) is 56.0 cm³/mol. The normalized spacial score (nSPS) is 17.3. The Morgan fingerprint density at radius 1 is 1.43 bits per heavy atom. The molecular weight excluding hydrogens is 270 g/mol. The minimum atomic E-state index is -3.79. The van der Waals surface area contributed by atoms with Crippen LogP contribution in [0.15, 0.2) is 21.0 Å². The highest BCUT2D eigenvalue weighted by molar-refractivity contribution is 9.10. The van der Waals surface area contributed by atoms with Crippen LogP contribution in [0.4, 0.5) is 0 Å². The third-order valence-corrected chi connectivity index (χ3v) is 3.06. The number of hydrogen-bond acceptors (Lipinski definition) is 3. The molecule has 0 unspecified atom stereocenters. The summed E-state index contributed by atoms with van der Waals surface area (Å²) in [6.07, 6.45) is 1.28. The van der Waals surface area contributed by atoms with E-state index >= 15 is 0 Å². The number of nitrogens with zero attached hydrogens (tertiary/aromatic N) is 1. The Morgan fingerprint density at radius 2 is 2.14 bits per heavy atom. The summed E-state index contributed by atoms with van der Waals surface area (Å²) in [6, 6.07) is 3.59. The van der Waals surface area contributed by atoms with Crippen molar-refractivity contribution in [2.45, 2.75) is 6.92 Å². The number of aryl methyl sites for hydroxylation is 1. The van der Waals surface area contributed by atoms with Gasteiger partial charge in [0.25, 0.3) is 0 Å². The van der Waals surface area contributed by atoms with Crippen molar-refractivity contribution < 1.29 is 12.6 Å². The van der Waals surface area contributed by atoms with Crippen LogP contribution in [0.3, 0.4) is 0 Å². The van der Waals surface area contributed by atoms with E-state index in [9.17, 15) is 8.42 Å². The van der Waals surface area contributed by atoms with Crippen LogP contribution in [0.5, 0.6) is 5.75 Å². The molecule has 74 valence electrons. The first-order valence-corrected chi connectivity index (χ1v) is 5.94. The summed E-state index contributed by atoms with van der Waals surface area (Å²) in [5, 5.41) is 0. The lowest BCUT2D eigenvalue weighted by atomic mass is 10.1. The number of rotatable bonds is 0. The highest BCUT2D eigenvalue weighted by Gasteiger charge is 2.20. The van der Waals surface area contributed by atoms with Crippen LogP contribution in [-0.4, -0.2) is 14.6 Å². The van der Waals surface area contributed by atoms with Crippen molar-refractivity contribution in [3.63, 3.8) is 0 Å². The van der Waals surface area contributed by atoms with E-state index in [1.165, 1.54) is 6.21 Å². The van der Waals surface area contributed by atoms with Crippen LogP contribution in [0.25, 0.3) is 0 Å². The van der Waals surface area contributed by atoms with Gasteiger partial charge in [0.05, 0.1) is 10.7 Å². The number of halogens is 1. The molecule has 6 heteroatoms. The van der Waals surface area contributed by atoms with Gasteiger partial charge in [-0.3, -0.25) is 0 Å². The van der Waals surface area contributed by atoms with Gasteiger partial charge in [-0.25, -0.2) is 0 Å². The van der Waals surface area contributed by atoms with Gasteiger partial charge in [-0.1, -0.05) is 0 Å². The summed E-state index contributed by atoms with van der Waals surface area (Å²) in [4.78, 5) is 0. The van der Waals surface area contributed by atoms with Crippen LogP contribution in [0, 0.1) is 6.92 Å². The molecule has 1 aliphatic rings. The molecule has 2 rings (SSSR count). The van der Waals surface area contributed by atoms with Gasteiger partial charge in [0.15, 0.2) is 5.75 Å². The highest BCUT2D eigenvalue weighted by Crippen LogP contribution is 2.33. The lowest BCUT2D eigenvalue weighted by Crippen LogP contribution is -2.12. The lowest BCUT2D eigenvalue weighted by Gasteiger charge is -2.12. The third-order valence-electron chi connectivity index (χ3n) is 1.73. The van der Waals surface area contributed by atoms with E-state index in [0.717, 1.165) is 5.56 Å². The smallest absolute Gasteiger partial charge is 0.364 e. The Kier molecular flexibility index (Phi) is 2.11. The number of fused-ring (bicyclic) bond motifs is 1. The topological polar surface area (TPSA) is 55.7 Å². The van der Waals surface area contributed by atoms with E-state index < -0.39 is 10.3 Å². The predicted octanol–water partition coefficient (Wildman–Crippen LogP) is 1.81. The fraction of sp³-hybridized carbons (Fsp3) is 0.125. The monoisotopic (exact) mass is 275 g/mol. The summed E-state index contributed by atoms with van der Waals surface area (Å²) in [6.45, 7) is 1.90. The molecule has 1 aliphatic heterocycles. The first-order chi connectivity index (χ1) is 6.48. The Hall–Kier alpha value is -0.880. The maximum atomic E-state index is 11.0. The average molecular weight is 276 g/mol. The lowest BCUT2D eigenvalue weighted by molar-refractivity contribution is 0.484. The zero-order valence-electron chi connectivity index (χ0n) is 7.19. The molecule has 0 saturated heterocycles. The zero-order valence-corrected chi connectivity index (χ0v) is 9.59. The molecule has 0 aliphatic carbocycles. The van der Waals surface area contributed by atoms with Crippen molar-refractivity contribution >= 4 is 32.4 Å². The molecule has 1 aromatic carbocycles. The van der Waals surface area contributed by atoms with Gasteiger partial charge in [-0.15, -0.1) is 4.40 Å². The van der Waals surface area contributed by atoms with Crippen molar-refractivity contribution in [3.8, 4) is 5.75 Å². The van der Waals surface area contributed by atoms with Gasteiger partial charge in [-0.2, -0.15) is 8.42 Å². The molecule has 0 atom stereocenters. The van der Waals surface area contributed by atoms with Gasteiger partial charge in [-0.05, 0) is 40.5 Å². The molecule has 14 heavy (non-hydrogen) atoms. The van der Waals surface area contributed by atoms with Crippen LogP contribution in [-0.2, 0) is 10.3 Å². The SMILES string of the molecule is Cc1cc(Br)c2c(c1)C=NS(=O)(=O)O2. The van der Waals surface area contributed by atoms with Gasteiger partial charge in [0.2, 0.25) is 0 Å². The average Bonchev–Trinajstić information content (AvgIpc) is 2.06. The number of hydrogen-bond donors (Lipinski definition) is 0. The first-order valence-electron chi connectivity index (χ1n) is 3.78. The Morgan fingerprint density at radius 3 is 2.86 bits per heavy atom. The molecule has 0 aromatic heterocycles. The molecule has 4 nitrogen and oxygen atoms in total. The fourth-order valence-corrected chi connectivity index (χ4v) is 2.65. The highest BCUT2D eigenvalue weighted by atomic mass is 79.9. The van der Waals surface area contributed by atoms with Crippen LogP contribution in [0.1, 0.15) is 11.1 Å². The molecule has 0 bridgehead atoms. The standard InChI is InChI=1S/C8H6BrNO3S/c1-5-2-6-4-10-14(11,12)13-8(6)7(9)3-5/h2-4H,1H3. The number of benzene rings is 1. The summed E-state index contributed by atoms with van der Waals surface area (Å²) < 4.78 is 30.7. The van der Waals surface area contributed by atoms with Gasteiger partial charge >= 0.3 is 10.3 Å². The molecule has 0 saturated carbocycles. The fourth-order valence-electron chi connectivity index (χ4n) is 1.19. The zero-order chi connectivity index (χ0) is 10.3. The second-order valence-corrected chi connectivity index (χ2v) is 5.00. The minimum absolute atomic E-state index is 0.297. The largest absolute Gasteiger partial charge is 0.428 e. The quantitative estimate of drug-likeness (QED) is 0.726. The molecule has 0 amide bonds. The summed E-state index contributed by atoms with van der Waals surface area (Å²) in [5.74, 6) is 0.297. The van der Waals surface area contributed by atoms with E-state index in [1.54, 1.807) is 12.1 Å². The van der Waals surface area contributed by atoms with Crippen LogP contribution in [0.2, 0.25) is 0 Å². The van der Waals surface area contributed by atoms with Gasteiger partial charge in [0.1, 0.15) is 0 Å². The van der Waals surface area contributed by atoms with Crippen molar-refractivity contribution in [2.24, 2.45) is 4.40 Å². The Bertz CT molecular complexity index is 522. The van der Waals surface area contributed by atoms with Crippen LogP contribution < -0.4 is 4.18 Å². The summed E-state index contributed by atoms with van der Waals surface area (Å²) in [7, 11) is -3.79.